The zero-order valence-corrected chi connectivity index (χ0v) is 12.0. The van der Waals surface area contributed by atoms with Crippen molar-refractivity contribution in [3.63, 3.8) is 0 Å². The van der Waals surface area contributed by atoms with E-state index >= 15 is 0 Å². The van der Waals surface area contributed by atoms with Gasteiger partial charge in [0.25, 0.3) is 0 Å². The molecule has 0 aliphatic heterocycles. The molecule has 0 saturated carbocycles. The van der Waals surface area contributed by atoms with E-state index in [1.165, 1.54) is 0 Å². The van der Waals surface area contributed by atoms with Crippen LogP contribution in [0.2, 0.25) is 0 Å². The molecule has 1 N–H and O–H groups in total. The Kier molecular flexibility index (Phi) is 4.33. The molecule has 0 unspecified atom stereocenters. The fraction of sp³-hybridized carbons (Fsp3) is 0.214. The van der Waals surface area contributed by atoms with Crippen LogP contribution >= 0.6 is 15.9 Å². The van der Waals surface area contributed by atoms with E-state index in [4.69, 9.17) is 4.74 Å². The maximum atomic E-state index is 5.18. The van der Waals surface area contributed by atoms with Gasteiger partial charge in [0.2, 0.25) is 0 Å². The Bertz CT molecular complexity index is 543. The third-order valence-corrected chi connectivity index (χ3v) is 3.44. The minimum absolute atomic E-state index is 0.582. The molecule has 4 heteroatoms. The Balaban J connectivity index is 2.25. The summed E-state index contributed by atoms with van der Waals surface area (Å²) in [4.78, 5) is 4.47. The van der Waals surface area contributed by atoms with Crippen molar-refractivity contribution >= 4 is 27.4 Å². The lowest BCUT2D eigenvalue weighted by molar-refractivity contribution is 0.185. The van der Waals surface area contributed by atoms with E-state index in [9.17, 15) is 0 Å². The summed E-state index contributed by atoms with van der Waals surface area (Å²) in [6.45, 7) is 2.55. The number of aryl methyl sites for hydroxylation is 1. The van der Waals surface area contributed by atoms with Crippen molar-refractivity contribution in [3.05, 3.63) is 52.1 Å². The summed E-state index contributed by atoms with van der Waals surface area (Å²) >= 11 is 3.44. The SMILES string of the molecule is COCc1ccccc1Nc1ccc(Br)c(C)n1. The molecule has 1 heterocycles. The summed E-state index contributed by atoms with van der Waals surface area (Å²) in [6, 6.07) is 12.0. The molecule has 18 heavy (non-hydrogen) atoms. The first kappa shape index (κ1) is 13.1. The maximum absolute atomic E-state index is 5.18. The van der Waals surface area contributed by atoms with E-state index in [-0.39, 0.29) is 0 Å². The molecule has 1 aromatic carbocycles. The van der Waals surface area contributed by atoms with Gasteiger partial charge in [-0.1, -0.05) is 18.2 Å². The number of rotatable bonds is 4. The van der Waals surface area contributed by atoms with Gasteiger partial charge in [-0.3, -0.25) is 0 Å². The van der Waals surface area contributed by atoms with Crippen LogP contribution in [0.3, 0.4) is 0 Å². The van der Waals surface area contributed by atoms with Crippen molar-refractivity contribution in [3.8, 4) is 0 Å². The highest BCUT2D eigenvalue weighted by atomic mass is 79.9. The van der Waals surface area contributed by atoms with E-state index in [0.717, 1.165) is 27.2 Å². The molecule has 0 fully saturated rings. The standard InChI is InChI=1S/C14H15BrN2O/c1-10-12(15)7-8-14(16-10)17-13-6-4-3-5-11(13)9-18-2/h3-8H,9H2,1-2H3,(H,16,17). The molecule has 0 bridgehead atoms. The Morgan fingerprint density at radius 3 is 2.72 bits per heavy atom. The van der Waals surface area contributed by atoms with Gasteiger partial charge in [-0.25, -0.2) is 4.98 Å². The third-order valence-electron chi connectivity index (χ3n) is 2.60. The first-order valence-electron chi connectivity index (χ1n) is 5.67. The van der Waals surface area contributed by atoms with Crippen molar-refractivity contribution in [2.45, 2.75) is 13.5 Å². The Labute approximate surface area is 115 Å². The normalized spacial score (nSPS) is 10.4. The van der Waals surface area contributed by atoms with E-state index in [1.54, 1.807) is 7.11 Å². The zero-order chi connectivity index (χ0) is 13.0. The highest BCUT2D eigenvalue weighted by Crippen LogP contribution is 2.22. The number of anilines is 2. The smallest absolute Gasteiger partial charge is 0.130 e. The minimum Gasteiger partial charge on any atom is -0.380 e. The molecule has 0 amide bonds. The summed E-state index contributed by atoms with van der Waals surface area (Å²) in [6.07, 6.45) is 0. The quantitative estimate of drug-likeness (QED) is 0.925. The first-order chi connectivity index (χ1) is 8.70. The Morgan fingerprint density at radius 1 is 1.22 bits per heavy atom. The second-order valence-electron chi connectivity index (χ2n) is 3.98. The minimum atomic E-state index is 0.582. The summed E-state index contributed by atoms with van der Waals surface area (Å²) in [5.41, 5.74) is 3.10. The number of para-hydroxylation sites is 1. The molecule has 0 spiro atoms. The largest absolute Gasteiger partial charge is 0.380 e. The van der Waals surface area contributed by atoms with Gasteiger partial charge >= 0.3 is 0 Å². The molecule has 0 saturated heterocycles. The lowest BCUT2D eigenvalue weighted by Gasteiger charge is -2.11. The molecule has 3 nitrogen and oxygen atoms in total. The Morgan fingerprint density at radius 2 is 2.00 bits per heavy atom. The summed E-state index contributed by atoms with van der Waals surface area (Å²) < 4.78 is 6.19. The van der Waals surface area contributed by atoms with Gasteiger partial charge in [0.05, 0.1) is 12.3 Å². The van der Waals surface area contributed by atoms with Crippen LogP contribution in [0.25, 0.3) is 0 Å². The highest BCUT2D eigenvalue weighted by molar-refractivity contribution is 9.10. The fourth-order valence-electron chi connectivity index (χ4n) is 1.68. The molecule has 2 aromatic rings. The van der Waals surface area contributed by atoms with Gasteiger partial charge in [0, 0.05) is 22.8 Å². The predicted octanol–water partition coefficient (Wildman–Crippen LogP) is 4.04. The van der Waals surface area contributed by atoms with Gasteiger partial charge in [0.1, 0.15) is 5.82 Å². The van der Waals surface area contributed by atoms with Gasteiger partial charge in [-0.05, 0) is 41.1 Å². The number of benzene rings is 1. The van der Waals surface area contributed by atoms with Crippen LogP contribution in [0, 0.1) is 6.92 Å². The Hall–Kier alpha value is -1.39. The molecule has 0 atom stereocenters. The van der Waals surface area contributed by atoms with Crippen LogP contribution < -0.4 is 5.32 Å². The third kappa shape index (κ3) is 3.09. The van der Waals surface area contributed by atoms with Gasteiger partial charge in [0.15, 0.2) is 0 Å². The fourth-order valence-corrected chi connectivity index (χ4v) is 1.90. The second-order valence-corrected chi connectivity index (χ2v) is 4.83. The molecular weight excluding hydrogens is 292 g/mol. The molecule has 2 rings (SSSR count). The van der Waals surface area contributed by atoms with Crippen LogP contribution in [0.4, 0.5) is 11.5 Å². The number of methoxy groups -OCH3 is 1. The average Bonchev–Trinajstić information content (AvgIpc) is 2.37. The van der Waals surface area contributed by atoms with Crippen LogP contribution in [-0.4, -0.2) is 12.1 Å². The number of hydrogen-bond donors (Lipinski definition) is 1. The van der Waals surface area contributed by atoms with Crippen LogP contribution in [-0.2, 0) is 11.3 Å². The number of hydrogen-bond acceptors (Lipinski definition) is 3. The molecule has 0 aliphatic rings. The highest BCUT2D eigenvalue weighted by Gasteiger charge is 2.03. The van der Waals surface area contributed by atoms with Crippen molar-refractivity contribution in [2.75, 3.05) is 12.4 Å². The number of pyridine rings is 1. The summed E-state index contributed by atoms with van der Waals surface area (Å²) in [5, 5.41) is 3.31. The van der Waals surface area contributed by atoms with Gasteiger partial charge in [-0.2, -0.15) is 0 Å². The topological polar surface area (TPSA) is 34.1 Å². The number of halogens is 1. The first-order valence-corrected chi connectivity index (χ1v) is 6.47. The van der Waals surface area contributed by atoms with E-state index in [0.29, 0.717) is 6.61 Å². The molecular formula is C14H15BrN2O. The monoisotopic (exact) mass is 306 g/mol. The summed E-state index contributed by atoms with van der Waals surface area (Å²) in [7, 11) is 1.69. The zero-order valence-electron chi connectivity index (χ0n) is 10.4. The predicted molar refractivity (Wildman–Crippen MR) is 77.1 cm³/mol. The van der Waals surface area contributed by atoms with Crippen molar-refractivity contribution in [1.29, 1.82) is 0 Å². The summed E-state index contributed by atoms with van der Waals surface area (Å²) in [5.74, 6) is 0.833. The number of aromatic nitrogens is 1. The lowest BCUT2D eigenvalue weighted by Crippen LogP contribution is -1.99. The van der Waals surface area contributed by atoms with E-state index < -0.39 is 0 Å². The van der Waals surface area contributed by atoms with Crippen LogP contribution in [0.5, 0.6) is 0 Å². The van der Waals surface area contributed by atoms with Crippen LogP contribution in [0.15, 0.2) is 40.9 Å². The lowest BCUT2D eigenvalue weighted by atomic mass is 10.2. The second kappa shape index (κ2) is 5.98. The van der Waals surface area contributed by atoms with E-state index in [2.05, 4.69) is 26.2 Å². The molecule has 0 aliphatic carbocycles. The molecule has 0 radical (unpaired) electrons. The number of nitrogens with zero attached hydrogens (tertiary/aromatic N) is 1. The molecule has 1 aromatic heterocycles. The van der Waals surface area contributed by atoms with Crippen LogP contribution in [0.1, 0.15) is 11.3 Å². The molecule has 94 valence electrons. The van der Waals surface area contributed by atoms with E-state index in [1.807, 2.05) is 43.3 Å². The van der Waals surface area contributed by atoms with Gasteiger partial charge in [-0.15, -0.1) is 0 Å². The average molecular weight is 307 g/mol. The maximum Gasteiger partial charge on any atom is 0.130 e. The van der Waals surface area contributed by atoms with Crippen molar-refractivity contribution in [2.24, 2.45) is 0 Å². The number of nitrogens with one attached hydrogen (secondary N) is 1. The van der Waals surface area contributed by atoms with Crippen molar-refractivity contribution in [1.82, 2.24) is 4.98 Å². The number of ether oxygens (including phenoxy) is 1. The van der Waals surface area contributed by atoms with Crippen molar-refractivity contribution < 1.29 is 4.74 Å². The van der Waals surface area contributed by atoms with Gasteiger partial charge < -0.3 is 10.1 Å².